The van der Waals surface area contributed by atoms with E-state index >= 15 is 0 Å². The Morgan fingerprint density at radius 2 is 2.11 bits per heavy atom. The highest BCUT2D eigenvalue weighted by atomic mass is 127. The first-order chi connectivity index (χ1) is 12.9. The molecule has 1 heterocycles. The second-order valence-corrected chi connectivity index (χ2v) is 6.86. The lowest BCUT2D eigenvalue weighted by molar-refractivity contribution is 0.0672. The third kappa shape index (κ3) is 6.97. The number of methoxy groups -OCH3 is 1. The highest BCUT2D eigenvalue weighted by Crippen LogP contribution is 2.20. The van der Waals surface area contributed by atoms with Gasteiger partial charge in [-0.3, -0.25) is 4.68 Å². The normalized spacial score (nSPS) is 13.4. The van der Waals surface area contributed by atoms with Crippen LogP contribution in [0.4, 0.5) is 0 Å². The zero-order chi connectivity index (χ0) is 19.9. The molecule has 1 atom stereocenters. The molecule has 0 aliphatic rings. The predicted octanol–water partition coefficient (Wildman–Crippen LogP) is 2.36. The summed E-state index contributed by atoms with van der Waals surface area (Å²) in [7, 11) is 3.52. The van der Waals surface area contributed by atoms with Gasteiger partial charge in [0.25, 0.3) is 0 Å². The number of aliphatic imine (C=N–C) groups is 1. The molecule has 28 heavy (non-hydrogen) atoms. The molecule has 0 bridgehead atoms. The van der Waals surface area contributed by atoms with Crippen LogP contribution in [-0.4, -0.2) is 47.6 Å². The fourth-order valence-corrected chi connectivity index (χ4v) is 2.78. The van der Waals surface area contributed by atoms with Crippen molar-refractivity contribution in [2.24, 2.45) is 12.0 Å². The van der Waals surface area contributed by atoms with Crippen LogP contribution in [0.1, 0.15) is 30.5 Å². The van der Waals surface area contributed by atoms with Gasteiger partial charge in [-0.25, -0.2) is 4.99 Å². The Bertz CT molecular complexity index is 774. The number of nitrogens with zero attached hydrogens (tertiary/aromatic N) is 3. The Morgan fingerprint density at radius 1 is 1.36 bits per heavy atom. The van der Waals surface area contributed by atoms with Crippen molar-refractivity contribution in [3.8, 4) is 5.75 Å². The number of aliphatic hydroxyl groups is 1. The molecule has 7 nitrogen and oxygen atoms in total. The van der Waals surface area contributed by atoms with Crippen molar-refractivity contribution in [2.75, 3.05) is 26.7 Å². The molecule has 0 radical (unpaired) electrons. The van der Waals surface area contributed by atoms with Gasteiger partial charge in [0.05, 0.1) is 19.9 Å². The molecule has 0 spiro atoms. The van der Waals surface area contributed by atoms with Gasteiger partial charge in [0, 0.05) is 31.9 Å². The minimum atomic E-state index is -1.07. The number of benzene rings is 1. The lowest BCUT2D eigenvalue weighted by atomic mass is 10.0. The fourth-order valence-electron chi connectivity index (χ4n) is 2.78. The first kappa shape index (κ1) is 24.2. The van der Waals surface area contributed by atoms with Crippen molar-refractivity contribution in [1.82, 2.24) is 20.4 Å². The Morgan fingerprint density at radius 3 is 2.71 bits per heavy atom. The summed E-state index contributed by atoms with van der Waals surface area (Å²) in [5.74, 6) is 1.57. The maximum Gasteiger partial charge on any atom is 0.191 e. The maximum atomic E-state index is 10.7. The topological polar surface area (TPSA) is 83.7 Å². The minimum Gasteiger partial charge on any atom is -0.496 e. The van der Waals surface area contributed by atoms with Crippen molar-refractivity contribution in [3.63, 3.8) is 0 Å². The Kier molecular flexibility index (Phi) is 9.74. The summed E-state index contributed by atoms with van der Waals surface area (Å²) >= 11 is 0. The van der Waals surface area contributed by atoms with Crippen LogP contribution in [0, 0.1) is 6.92 Å². The van der Waals surface area contributed by atoms with Gasteiger partial charge in [0.15, 0.2) is 5.96 Å². The molecule has 2 rings (SSSR count). The highest BCUT2D eigenvalue weighted by Gasteiger charge is 2.24. The first-order valence-electron chi connectivity index (χ1n) is 9.23. The number of halogens is 1. The average molecular weight is 501 g/mol. The molecule has 156 valence electrons. The van der Waals surface area contributed by atoms with E-state index in [1.807, 2.05) is 26.1 Å². The Labute approximate surface area is 184 Å². The molecule has 0 aliphatic heterocycles. The lowest BCUT2D eigenvalue weighted by Crippen LogP contribution is -2.39. The van der Waals surface area contributed by atoms with Gasteiger partial charge in [-0.05, 0) is 38.8 Å². The molecular formula is C20H32IN5O2. The average Bonchev–Trinajstić information content (AvgIpc) is 3.07. The van der Waals surface area contributed by atoms with Crippen LogP contribution >= 0.6 is 24.0 Å². The van der Waals surface area contributed by atoms with Crippen molar-refractivity contribution < 1.29 is 9.84 Å². The number of guanidine groups is 1. The molecule has 0 saturated heterocycles. The van der Waals surface area contributed by atoms with Crippen LogP contribution in [0.25, 0.3) is 0 Å². The number of nitrogens with one attached hydrogen (secondary N) is 2. The van der Waals surface area contributed by atoms with Gasteiger partial charge < -0.3 is 20.5 Å². The second-order valence-electron chi connectivity index (χ2n) is 6.86. The van der Waals surface area contributed by atoms with Gasteiger partial charge in [-0.15, -0.1) is 24.0 Å². The molecule has 1 unspecified atom stereocenters. The maximum absolute atomic E-state index is 10.7. The van der Waals surface area contributed by atoms with Crippen LogP contribution < -0.4 is 15.4 Å². The number of hydrogen-bond acceptors (Lipinski definition) is 4. The van der Waals surface area contributed by atoms with E-state index in [0.717, 1.165) is 29.8 Å². The molecule has 0 aliphatic carbocycles. The van der Waals surface area contributed by atoms with Crippen molar-refractivity contribution in [1.29, 1.82) is 0 Å². The van der Waals surface area contributed by atoms with Crippen molar-refractivity contribution in [3.05, 3.63) is 47.3 Å². The van der Waals surface area contributed by atoms with Crippen LogP contribution in [0.15, 0.2) is 35.6 Å². The van der Waals surface area contributed by atoms with Gasteiger partial charge in [-0.2, -0.15) is 5.10 Å². The number of hydrogen-bond donors (Lipinski definition) is 3. The van der Waals surface area contributed by atoms with Gasteiger partial charge >= 0.3 is 0 Å². The summed E-state index contributed by atoms with van der Waals surface area (Å²) < 4.78 is 7.11. The molecule has 1 aromatic heterocycles. The zero-order valence-electron chi connectivity index (χ0n) is 17.3. The van der Waals surface area contributed by atoms with Crippen LogP contribution in [-0.2, 0) is 19.1 Å². The predicted molar refractivity (Wildman–Crippen MR) is 124 cm³/mol. The van der Waals surface area contributed by atoms with E-state index < -0.39 is 5.60 Å². The third-order valence-electron chi connectivity index (χ3n) is 4.34. The number of ether oxygens (including phenoxy) is 1. The van der Waals surface area contributed by atoms with E-state index in [1.54, 1.807) is 31.1 Å². The fraction of sp³-hybridized carbons (Fsp3) is 0.500. The molecule has 0 amide bonds. The first-order valence-corrected chi connectivity index (χ1v) is 9.23. The highest BCUT2D eigenvalue weighted by molar-refractivity contribution is 14.0. The van der Waals surface area contributed by atoms with Crippen LogP contribution in [0.5, 0.6) is 5.75 Å². The van der Waals surface area contributed by atoms with Gasteiger partial charge in [0.2, 0.25) is 0 Å². The minimum absolute atomic E-state index is 0. The molecule has 0 fully saturated rings. The third-order valence-corrected chi connectivity index (χ3v) is 4.34. The molecular weight excluding hydrogens is 469 g/mol. The summed E-state index contributed by atoms with van der Waals surface area (Å²) in [6.45, 7) is 7.52. The zero-order valence-corrected chi connectivity index (χ0v) is 19.7. The largest absolute Gasteiger partial charge is 0.496 e. The molecule has 2 aromatic rings. The molecule has 8 heteroatoms. The molecule has 3 N–H and O–H groups in total. The van der Waals surface area contributed by atoms with Crippen LogP contribution in [0.3, 0.4) is 0 Å². The van der Waals surface area contributed by atoms with Crippen LogP contribution in [0.2, 0.25) is 0 Å². The number of aromatic nitrogens is 2. The van der Waals surface area contributed by atoms with Gasteiger partial charge in [-0.1, -0.05) is 17.7 Å². The summed E-state index contributed by atoms with van der Waals surface area (Å²) in [6, 6.07) is 6.18. The quantitative estimate of drug-likeness (QED) is 0.294. The monoisotopic (exact) mass is 501 g/mol. The van der Waals surface area contributed by atoms with E-state index in [9.17, 15) is 5.11 Å². The Balaban J connectivity index is 0.00000392. The summed E-state index contributed by atoms with van der Waals surface area (Å²) in [6.07, 6.45) is 4.29. The SMILES string of the molecule is CCNC(=NCC(C)(O)c1cnn(C)c1)NCCc1cc(C)ccc1OC.I. The lowest BCUT2D eigenvalue weighted by Gasteiger charge is -2.20. The van der Waals surface area contributed by atoms with E-state index in [2.05, 4.69) is 33.7 Å². The smallest absolute Gasteiger partial charge is 0.191 e. The standard InChI is InChI=1S/C20H31N5O2.HI/c1-6-21-19(23-14-20(3,26)17-12-24-25(4)13-17)22-10-9-16-11-15(2)7-8-18(16)27-5;/h7-8,11-13,26H,6,9-10,14H2,1-5H3,(H2,21,22,23);1H. The van der Waals surface area contributed by atoms with E-state index in [0.29, 0.717) is 12.5 Å². The molecule has 0 saturated carbocycles. The van der Waals surface area contributed by atoms with E-state index in [-0.39, 0.29) is 30.5 Å². The van der Waals surface area contributed by atoms with Crippen molar-refractivity contribution >= 4 is 29.9 Å². The van der Waals surface area contributed by atoms with Crippen molar-refractivity contribution in [2.45, 2.75) is 32.8 Å². The van der Waals surface area contributed by atoms with Gasteiger partial charge in [0.1, 0.15) is 11.4 Å². The van der Waals surface area contributed by atoms with E-state index in [4.69, 9.17) is 4.74 Å². The number of aryl methyl sites for hydroxylation is 2. The summed E-state index contributed by atoms with van der Waals surface area (Å²) in [5, 5.41) is 21.3. The number of rotatable bonds is 8. The summed E-state index contributed by atoms with van der Waals surface area (Å²) in [4.78, 5) is 4.54. The Hall–Kier alpha value is -1.81. The summed E-state index contributed by atoms with van der Waals surface area (Å²) in [5.41, 5.74) is 2.03. The van der Waals surface area contributed by atoms with E-state index in [1.165, 1.54) is 5.56 Å². The second kappa shape index (κ2) is 11.3. The molecule has 1 aromatic carbocycles.